The summed E-state index contributed by atoms with van der Waals surface area (Å²) in [7, 11) is 0. The predicted molar refractivity (Wildman–Crippen MR) is 95.5 cm³/mol. The molecule has 0 aliphatic heterocycles. The first-order valence-electron chi connectivity index (χ1n) is 6.87. The fourth-order valence-electron chi connectivity index (χ4n) is 1.70. The summed E-state index contributed by atoms with van der Waals surface area (Å²) in [5.41, 5.74) is 4.24. The summed E-state index contributed by atoms with van der Waals surface area (Å²) < 4.78 is 18.3. The summed E-state index contributed by atoms with van der Waals surface area (Å²) >= 11 is 5.10. The molecule has 2 aromatic rings. The lowest BCUT2D eigenvalue weighted by molar-refractivity contribution is 0.363. The molecule has 0 saturated heterocycles. The Kier molecular flexibility index (Phi) is 6.26. The summed E-state index contributed by atoms with van der Waals surface area (Å²) in [4.78, 5) is 0. The van der Waals surface area contributed by atoms with Crippen LogP contribution in [0.3, 0.4) is 0 Å². The molecule has 118 valence electrons. The van der Waals surface area contributed by atoms with E-state index in [4.69, 9.17) is 17.0 Å². The number of rotatable bonds is 6. The van der Waals surface area contributed by atoms with E-state index < -0.39 is 0 Å². The minimum absolute atomic E-state index is 0.300. The molecule has 0 unspecified atom stereocenters. The van der Waals surface area contributed by atoms with Crippen LogP contribution >= 0.6 is 12.2 Å². The normalized spacial score (nSPS) is 10.3. The lowest BCUT2D eigenvalue weighted by Gasteiger charge is -2.06. The van der Waals surface area contributed by atoms with Gasteiger partial charge in [-0.2, -0.15) is 5.10 Å². The predicted octanol–water partition coefficient (Wildman–Crippen LogP) is 3.71. The monoisotopic (exact) mass is 329 g/mol. The van der Waals surface area contributed by atoms with Crippen LogP contribution < -0.4 is 15.5 Å². The van der Waals surface area contributed by atoms with E-state index in [0.717, 1.165) is 11.3 Å². The van der Waals surface area contributed by atoms with Crippen molar-refractivity contribution in [1.82, 2.24) is 5.43 Å². The van der Waals surface area contributed by atoms with E-state index in [9.17, 15) is 4.39 Å². The van der Waals surface area contributed by atoms with Crippen LogP contribution in [0.4, 0.5) is 10.1 Å². The van der Waals surface area contributed by atoms with E-state index in [2.05, 4.69) is 22.4 Å². The molecule has 4 nitrogen and oxygen atoms in total. The van der Waals surface area contributed by atoms with Gasteiger partial charge in [-0.05, 0) is 54.2 Å². The molecule has 0 aliphatic rings. The van der Waals surface area contributed by atoms with Gasteiger partial charge in [0.15, 0.2) is 5.11 Å². The Morgan fingerprint density at radius 1 is 1.26 bits per heavy atom. The molecule has 2 aromatic carbocycles. The van der Waals surface area contributed by atoms with Gasteiger partial charge < -0.3 is 10.1 Å². The highest BCUT2D eigenvalue weighted by atomic mass is 32.1. The zero-order valence-electron chi connectivity index (χ0n) is 12.3. The van der Waals surface area contributed by atoms with Crippen molar-refractivity contribution in [1.29, 1.82) is 0 Å². The highest BCUT2D eigenvalue weighted by molar-refractivity contribution is 7.80. The fraction of sp³-hybridized carbons (Fsp3) is 0.0588. The first-order chi connectivity index (χ1) is 11.2. The molecule has 0 atom stereocenters. The van der Waals surface area contributed by atoms with E-state index >= 15 is 0 Å². The summed E-state index contributed by atoms with van der Waals surface area (Å²) in [6, 6.07) is 13.4. The van der Waals surface area contributed by atoms with Crippen LogP contribution in [0, 0.1) is 5.82 Å². The molecule has 0 fully saturated rings. The van der Waals surface area contributed by atoms with Crippen LogP contribution in [0.5, 0.6) is 5.75 Å². The van der Waals surface area contributed by atoms with Crippen molar-refractivity contribution in [2.75, 3.05) is 11.9 Å². The Morgan fingerprint density at radius 3 is 2.78 bits per heavy atom. The quantitative estimate of drug-likeness (QED) is 0.367. The summed E-state index contributed by atoms with van der Waals surface area (Å²) in [5, 5.41) is 7.26. The van der Waals surface area contributed by atoms with Gasteiger partial charge >= 0.3 is 0 Å². The standard InChI is InChI=1S/C17H16FN3OS/c1-2-10-22-16-5-3-4-13(11-16)12-19-21-17(23)20-15-8-6-14(18)7-9-15/h2-9,11-12H,1,10H2,(H2,20,21,23)/b19-12+. The zero-order chi connectivity index (χ0) is 16.5. The Labute approximate surface area is 139 Å². The van der Waals surface area contributed by atoms with Crippen molar-refractivity contribution in [3.05, 3.63) is 72.6 Å². The minimum Gasteiger partial charge on any atom is -0.490 e. The summed E-state index contributed by atoms with van der Waals surface area (Å²) in [5.74, 6) is 0.437. The molecular formula is C17H16FN3OS. The molecule has 0 heterocycles. The second-order valence-electron chi connectivity index (χ2n) is 4.50. The van der Waals surface area contributed by atoms with Gasteiger partial charge in [0.05, 0.1) is 6.21 Å². The van der Waals surface area contributed by atoms with Gasteiger partial charge in [-0.3, -0.25) is 5.43 Å². The van der Waals surface area contributed by atoms with E-state index in [0.29, 0.717) is 17.4 Å². The van der Waals surface area contributed by atoms with Gasteiger partial charge in [0.1, 0.15) is 18.2 Å². The van der Waals surface area contributed by atoms with Crippen molar-refractivity contribution in [2.24, 2.45) is 5.10 Å². The third-order valence-corrected chi connectivity index (χ3v) is 2.90. The van der Waals surface area contributed by atoms with Crippen LogP contribution in [0.25, 0.3) is 0 Å². The van der Waals surface area contributed by atoms with Crippen LogP contribution in [0.1, 0.15) is 5.56 Å². The molecule has 2 rings (SSSR count). The topological polar surface area (TPSA) is 45.6 Å². The average molecular weight is 329 g/mol. The Balaban J connectivity index is 1.86. The maximum absolute atomic E-state index is 12.8. The second kappa shape index (κ2) is 8.65. The van der Waals surface area contributed by atoms with Crippen molar-refractivity contribution in [2.45, 2.75) is 0 Å². The molecule has 23 heavy (non-hydrogen) atoms. The second-order valence-corrected chi connectivity index (χ2v) is 4.91. The number of hydrogen-bond acceptors (Lipinski definition) is 3. The highest BCUT2D eigenvalue weighted by Gasteiger charge is 1.97. The van der Waals surface area contributed by atoms with E-state index in [1.165, 1.54) is 12.1 Å². The molecule has 6 heteroatoms. The third-order valence-electron chi connectivity index (χ3n) is 2.71. The largest absolute Gasteiger partial charge is 0.490 e. The first-order valence-corrected chi connectivity index (χ1v) is 7.27. The molecule has 0 amide bonds. The Hall–Kier alpha value is -2.73. The van der Waals surface area contributed by atoms with Crippen molar-refractivity contribution in [3.8, 4) is 5.75 Å². The summed E-state index contributed by atoms with van der Waals surface area (Å²) in [6.45, 7) is 4.05. The van der Waals surface area contributed by atoms with E-state index in [1.54, 1.807) is 24.4 Å². The molecule has 0 saturated carbocycles. The number of halogens is 1. The maximum Gasteiger partial charge on any atom is 0.191 e. The van der Waals surface area contributed by atoms with Crippen LogP contribution in [-0.2, 0) is 0 Å². The number of nitrogens with one attached hydrogen (secondary N) is 2. The SMILES string of the molecule is C=CCOc1cccc(/C=N/NC(=S)Nc2ccc(F)cc2)c1. The minimum atomic E-state index is -0.300. The number of ether oxygens (including phenoxy) is 1. The van der Waals surface area contributed by atoms with Crippen LogP contribution in [0.15, 0.2) is 66.3 Å². The van der Waals surface area contributed by atoms with Crippen molar-refractivity contribution < 1.29 is 9.13 Å². The Bertz CT molecular complexity index is 701. The number of benzene rings is 2. The van der Waals surface area contributed by atoms with Crippen molar-refractivity contribution in [3.63, 3.8) is 0 Å². The number of nitrogens with zero attached hydrogens (tertiary/aromatic N) is 1. The van der Waals surface area contributed by atoms with E-state index in [-0.39, 0.29) is 5.82 Å². The van der Waals surface area contributed by atoms with Gasteiger partial charge in [0.25, 0.3) is 0 Å². The maximum atomic E-state index is 12.8. The Morgan fingerprint density at radius 2 is 2.04 bits per heavy atom. The number of hydrogen-bond donors (Lipinski definition) is 2. The smallest absolute Gasteiger partial charge is 0.191 e. The molecule has 0 radical (unpaired) electrons. The lowest BCUT2D eigenvalue weighted by atomic mass is 10.2. The first kappa shape index (κ1) is 16.6. The highest BCUT2D eigenvalue weighted by Crippen LogP contribution is 2.12. The summed E-state index contributed by atoms with van der Waals surface area (Å²) in [6.07, 6.45) is 3.31. The fourth-order valence-corrected chi connectivity index (χ4v) is 1.87. The van der Waals surface area contributed by atoms with Gasteiger partial charge in [-0.15, -0.1) is 0 Å². The number of anilines is 1. The van der Waals surface area contributed by atoms with Gasteiger partial charge in [0, 0.05) is 5.69 Å². The third kappa shape index (κ3) is 5.88. The van der Waals surface area contributed by atoms with Gasteiger partial charge in [-0.1, -0.05) is 24.8 Å². The molecule has 2 N–H and O–H groups in total. The number of hydrazone groups is 1. The zero-order valence-corrected chi connectivity index (χ0v) is 13.1. The van der Waals surface area contributed by atoms with Gasteiger partial charge in [-0.25, -0.2) is 4.39 Å². The average Bonchev–Trinajstić information content (AvgIpc) is 2.55. The van der Waals surface area contributed by atoms with Crippen molar-refractivity contribution >= 4 is 29.2 Å². The lowest BCUT2D eigenvalue weighted by Crippen LogP contribution is -2.23. The molecule has 0 aromatic heterocycles. The molecule has 0 aliphatic carbocycles. The van der Waals surface area contributed by atoms with Gasteiger partial charge in [0.2, 0.25) is 0 Å². The van der Waals surface area contributed by atoms with Crippen LogP contribution in [0.2, 0.25) is 0 Å². The molecule has 0 spiro atoms. The molecule has 0 bridgehead atoms. The van der Waals surface area contributed by atoms with Crippen LogP contribution in [-0.4, -0.2) is 17.9 Å². The van der Waals surface area contributed by atoms with E-state index in [1.807, 2.05) is 24.3 Å². The molecular weight excluding hydrogens is 313 g/mol. The number of thiocarbonyl (C=S) groups is 1.